The summed E-state index contributed by atoms with van der Waals surface area (Å²) in [5.74, 6) is 3.49. The number of thioether (sulfide) groups is 1. The van der Waals surface area contributed by atoms with Crippen molar-refractivity contribution >= 4 is 11.8 Å². The summed E-state index contributed by atoms with van der Waals surface area (Å²) in [6.07, 6.45) is 5.85. The average molecular weight is 199 g/mol. The fraction of sp³-hybridized carbons (Fsp3) is 0.818. The Hall–Kier alpha value is 0.0500. The van der Waals surface area contributed by atoms with E-state index in [1.165, 1.54) is 37.0 Å². The molecule has 1 aliphatic rings. The van der Waals surface area contributed by atoms with Gasteiger partial charge in [0.2, 0.25) is 0 Å². The molecular formula is C11H21NS. The molecule has 0 amide bonds. The van der Waals surface area contributed by atoms with Gasteiger partial charge in [0.25, 0.3) is 0 Å². The van der Waals surface area contributed by atoms with Crippen molar-refractivity contribution in [3.05, 3.63) is 12.2 Å². The van der Waals surface area contributed by atoms with Gasteiger partial charge in [0.15, 0.2) is 0 Å². The number of hydrogen-bond acceptors (Lipinski definition) is 2. The maximum Gasteiger partial charge on any atom is 0.0167 e. The minimum atomic E-state index is 0.970. The smallest absolute Gasteiger partial charge is 0.0167 e. The molecule has 0 aliphatic heterocycles. The molecule has 0 unspecified atom stereocenters. The number of nitrogens with one attached hydrogen (secondary N) is 1. The Balaban J connectivity index is 1.96. The molecule has 1 rings (SSSR count). The highest BCUT2D eigenvalue weighted by molar-refractivity contribution is 7.99. The van der Waals surface area contributed by atoms with Crippen LogP contribution < -0.4 is 5.32 Å². The maximum absolute atomic E-state index is 4.03. The van der Waals surface area contributed by atoms with Crippen LogP contribution in [0.1, 0.15) is 25.7 Å². The molecule has 1 N–H and O–H groups in total. The van der Waals surface area contributed by atoms with Gasteiger partial charge >= 0.3 is 0 Å². The van der Waals surface area contributed by atoms with E-state index in [1.54, 1.807) is 0 Å². The van der Waals surface area contributed by atoms with E-state index in [9.17, 15) is 0 Å². The first-order chi connectivity index (χ1) is 6.33. The number of hydrogen-bond donors (Lipinski definition) is 1. The van der Waals surface area contributed by atoms with E-state index in [4.69, 9.17) is 0 Å². The Kier molecular flexibility index (Phi) is 5.56. The molecule has 0 atom stereocenters. The standard InChI is InChI=1S/C11H21NS/c1-10(7-12-2)8-13-9-11-5-3-4-6-11/h11-12H,1,3-9H2,2H3. The van der Waals surface area contributed by atoms with Gasteiger partial charge < -0.3 is 5.32 Å². The molecule has 0 aromatic rings. The lowest BCUT2D eigenvalue weighted by atomic mass is 10.1. The minimum Gasteiger partial charge on any atom is -0.316 e. The summed E-state index contributed by atoms with van der Waals surface area (Å²) in [5.41, 5.74) is 1.32. The van der Waals surface area contributed by atoms with E-state index < -0.39 is 0 Å². The lowest BCUT2D eigenvalue weighted by Gasteiger charge is -2.09. The van der Waals surface area contributed by atoms with E-state index in [2.05, 4.69) is 23.7 Å². The molecule has 0 aromatic carbocycles. The summed E-state index contributed by atoms with van der Waals surface area (Å²) in [6.45, 7) is 5.00. The first-order valence-electron chi connectivity index (χ1n) is 5.22. The molecule has 2 heteroatoms. The monoisotopic (exact) mass is 199 g/mol. The van der Waals surface area contributed by atoms with E-state index in [1.807, 2.05) is 7.05 Å². The SMILES string of the molecule is C=C(CNC)CSCC1CCCC1. The molecule has 0 bridgehead atoms. The maximum atomic E-state index is 4.03. The zero-order valence-electron chi connectivity index (χ0n) is 8.64. The lowest BCUT2D eigenvalue weighted by Crippen LogP contribution is -2.11. The minimum absolute atomic E-state index is 0.970. The van der Waals surface area contributed by atoms with Crippen LogP contribution in [0.25, 0.3) is 0 Å². The first kappa shape index (κ1) is 11.1. The molecule has 1 fully saturated rings. The summed E-state index contributed by atoms with van der Waals surface area (Å²) < 4.78 is 0. The first-order valence-corrected chi connectivity index (χ1v) is 6.37. The molecular weight excluding hydrogens is 178 g/mol. The van der Waals surface area contributed by atoms with Gasteiger partial charge in [0.05, 0.1) is 0 Å². The van der Waals surface area contributed by atoms with Crippen LogP contribution in [0.15, 0.2) is 12.2 Å². The highest BCUT2D eigenvalue weighted by Crippen LogP contribution is 2.28. The van der Waals surface area contributed by atoms with Crippen LogP contribution in [0.2, 0.25) is 0 Å². The molecule has 0 spiro atoms. The quantitative estimate of drug-likeness (QED) is 0.660. The lowest BCUT2D eigenvalue weighted by molar-refractivity contribution is 0.623. The second-order valence-electron chi connectivity index (χ2n) is 3.95. The van der Waals surface area contributed by atoms with Crippen LogP contribution in [0.3, 0.4) is 0 Å². The second-order valence-corrected chi connectivity index (χ2v) is 4.98. The van der Waals surface area contributed by atoms with Crippen molar-refractivity contribution < 1.29 is 0 Å². The van der Waals surface area contributed by atoms with E-state index in [0.717, 1.165) is 18.2 Å². The summed E-state index contributed by atoms with van der Waals surface area (Å²) >= 11 is 2.06. The largest absolute Gasteiger partial charge is 0.316 e. The molecule has 0 saturated heterocycles. The van der Waals surface area contributed by atoms with Gasteiger partial charge in [-0.2, -0.15) is 11.8 Å². The Morgan fingerprint density at radius 1 is 1.46 bits per heavy atom. The van der Waals surface area contributed by atoms with Crippen LogP contribution in [-0.4, -0.2) is 25.1 Å². The Morgan fingerprint density at radius 2 is 2.15 bits per heavy atom. The highest BCUT2D eigenvalue weighted by atomic mass is 32.2. The van der Waals surface area contributed by atoms with Crippen molar-refractivity contribution in [1.29, 1.82) is 0 Å². The predicted octanol–water partition coefficient (Wildman–Crippen LogP) is 2.69. The number of likely N-dealkylation sites (N-methyl/N-ethyl adjacent to an activating group) is 1. The fourth-order valence-corrected chi connectivity index (χ4v) is 3.02. The molecule has 1 aliphatic carbocycles. The molecule has 1 saturated carbocycles. The van der Waals surface area contributed by atoms with Gasteiger partial charge in [-0.1, -0.05) is 25.0 Å². The van der Waals surface area contributed by atoms with Crippen LogP contribution in [0, 0.1) is 5.92 Å². The summed E-state index contributed by atoms with van der Waals surface area (Å²) in [6, 6.07) is 0. The van der Waals surface area contributed by atoms with E-state index in [-0.39, 0.29) is 0 Å². The van der Waals surface area contributed by atoms with Crippen molar-refractivity contribution in [2.24, 2.45) is 5.92 Å². The second kappa shape index (κ2) is 6.50. The van der Waals surface area contributed by atoms with Gasteiger partial charge in [-0.25, -0.2) is 0 Å². The van der Waals surface area contributed by atoms with E-state index >= 15 is 0 Å². The van der Waals surface area contributed by atoms with Crippen LogP contribution in [0.4, 0.5) is 0 Å². The topological polar surface area (TPSA) is 12.0 Å². The zero-order valence-corrected chi connectivity index (χ0v) is 9.46. The van der Waals surface area contributed by atoms with Gasteiger partial charge in [-0.15, -0.1) is 0 Å². The summed E-state index contributed by atoms with van der Waals surface area (Å²) in [7, 11) is 1.98. The average Bonchev–Trinajstić information content (AvgIpc) is 2.57. The van der Waals surface area contributed by atoms with Crippen molar-refractivity contribution in [2.45, 2.75) is 25.7 Å². The Bertz CT molecular complexity index is 150. The summed E-state index contributed by atoms with van der Waals surface area (Å²) in [5, 5.41) is 3.13. The number of rotatable bonds is 6. The van der Waals surface area contributed by atoms with Crippen LogP contribution in [0.5, 0.6) is 0 Å². The predicted molar refractivity (Wildman–Crippen MR) is 62.3 cm³/mol. The van der Waals surface area contributed by atoms with Gasteiger partial charge in [0, 0.05) is 12.3 Å². The molecule has 1 nitrogen and oxygen atoms in total. The molecule has 0 radical (unpaired) electrons. The molecule has 0 aromatic heterocycles. The molecule has 76 valence electrons. The van der Waals surface area contributed by atoms with Crippen molar-refractivity contribution in [3.8, 4) is 0 Å². The highest BCUT2D eigenvalue weighted by Gasteiger charge is 2.14. The van der Waals surface area contributed by atoms with Crippen molar-refractivity contribution in [3.63, 3.8) is 0 Å². The Morgan fingerprint density at radius 3 is 2.77 bits per heavy atom. The third-order valence-corrected chi connectivity index (χ3v) is 3.88. The van der Waals surface area contributed by atoms with Gasteiger partial charge in [-0.3, -0.25) is 0 Å². The van der Waals surface area contributed by atoms with Crippen LogP contribution in [-0.2, 0) is 0 Å². The fourth-order valence-electron chi connectivity index (χ4n) is 1.85. The van der Waals surface area contributed by atoms with E-state index in [0.29, 0.717) is 0 Å². The van der Waals surface area contributed by atoms with Crippen molar-refractivity contribution in [1.82, 2.24) is 5.32 Å². The zero-order chi connectivity index (χ0) is 9.52. The van der Waals surface area contributed by atoms with Gasteiger partial charge in [-0.05, 0) is 31.6 Å². The third kappa shape index (κ3) is 4.72. The summed E-state index contributed by atoms with van der Waals surface area (Å²) in [4.78, 5) is 0. The van der Waals surface area contributed by atoms with Gasteiger partial charge in [0.1, 0.15) is 0 Å². The normalized spacial score (nSPS) is 17.9. The van der Waals surface area contributed by atoms with Crippen LogP contribution >= 0.6 is 11.8 Å². The molecule has 13 heavy (non-hydrogen) atoms. The third-order valence-electron chi connectivity index (χ3n) is 2.56. The Labute approximate surface area is 86.4 Å². The van der Waals surface area contributed by atoms with Crippen molar-refractivity contribution in [2.75, 3.05) is 25.1 Å². The molecule has 0 heterocycles.